The van der Waals surface area contributed by atoms with E-state index in [9.17, 15) is 7.85 Å². The molecule has 0 unspecified atom stereocenters. The third-order valence-electron chi connectivity index (χ3n) is 12.2. The van der Waals surface area contributed by atoms with Crippen LogP contribution >= 0.6 is 0 Å². The smallest absolute Gasteiger partial charge is 0.149 e. The highest BCUT2D eigenvalue weighted by molar-refractivity contribution is 5.98. The highest BCUT2D eigenvalue weighted by atomic mass is 16.3. The zero-order chi connectivity index (χ0) is 58.5. The molecule has 4 nitrogen and oxygen atoms in total. The number of benzene rings is 6. The number of hydrogen-bond donors (Lipinski definition) is 1. The Kier molecular flexibility index (Phi) is 8.44. The van der Waals surface area contributed by atoms with Crippen molar-refractivity contribution < 1.29 is 22.9 Å². The molecule has 1 N–H and O–H groups in total. The molecule has 0 atom stereocenters. The Balaban J connectivity index is 1.42. The molecular formula is C62H69N3O. The molecule has 0 bridgehead atoms. The van der Waals surface area contributed by atoms with Gasteiger partial charge in [-0.25, -0.2) is 4.98 Å². The van der Waals surface area contributed by atoms with Crippen LogP contribution in [0.3, 0.4) is 0 Å². The first kappa shape index (κ1) is 32.4. The molecule has 0 saturated carbocycles. The highest BCUT2D eigenvalue weighted by Crippen LogP contribution is 2.46. The number of rotatable bonds is 8. The minimum absolute atomic E-state index is 0.141. The van der Waals surface area contributed by atoms with Crippen molar-refractivity contribution in [1.82, 2.24) is 14.5 Å². The second kappa shape index (κ2) is 17.2. The molecule has 0 aliphatic heterocycles. The molecule has 4 heteroatoms. The van der Waals surface area contributed by atoms with Crippen LogP contribution in [0.1, 0.15) is 142 Å². The van der Waals surface area contributed by atoms with Gasteiger partial charge in [-0.3, -0.25) is 9.55 Å². The van der Waals surface area contributed by atoms with Crippen molar-refractivity contribution in [2.45, 2.75) is 125 Å². The Morgan fingerprint density at radius 3 is 1.91 bits per heavy atom. The Morgan fingerprint density at radius 1 is 0.576 bits per heavy atom. The van der Waals surface area contributed by atoms with Crippen LogP contribution in [0.15, 0.2) is 140 Å². The maximum Gasteiger partial charge on any atom is 0.149 e. The number of aromatic hydroxyl groups is 1. The summed E-state index contributed by atoms with van der Waals surface area (Å²) >= 11 is 0. The van der Waals surface area contributed by atoms with E-state index >= 15 is 0 Å². The van der Waals surface area contributed by atoms with E-state index in [4.69, 9.17) is 25.0 Å². The van der Waals surface area contributed by atoms with E-state index in [0.29, 0.717) is 34.1 Å². The van der Waals surface area contributed by atoms with Crippen LogP contribution in [-0.4, -0.2) is 19.6 Å². The average molecular weight is 885 g/mol. The number of pyridine rings is 1. The average Bonchev–Trinajstić information content (AvgIpc) is 3.82. The molecule has 66 heavy (non-hydrogen) atoms. The van der Waals surface area contributed by atoms with Gasteiger partial charge in [0.2, 0.25) is 0 Å². The zero-order valence-electron chi connectivity index (χ0n) is 53.0. The molecule has 0 spiro atoms. The normalized spacial score (nSPS) is 16.1. The number of aromatic nitrogens is 3. The van der Waals surface area contributed by atoms with Gasteiger partial charge in [0, 0.05) is 40.8 Å². The van der Waals surface area contributed by atoms with Crippen LogP contribution in [-0.2, 0) is 28.1 Å². The molecule has 0 aliphatic rings. The summed E-state index contributed by atoms with van der Waals surface area (Å²) in [6.45, 7) is 12.0. The lowest BCUT2D eigenvalue weighted by atomic mass is 9.79. The number of phenolic OH excluding ortho intramolecular Hbond substituents is 1. The van der Waals surface area contributed by atoms with Gasteiger partial charge >= 0.3 is 0 Å². The fourth-order valence-electron chi connectivity index (χ4n) is 8.54. The molecule has 0 saturated heterocycles. The molecule has 2 aromatic heterocycles. The number of fused-ring (bicyclic) bond motifs is 1. The summed E-state index contributed by atoms with van der Waals surface area (Å²) in [4.78, 5) is 10.4. The Labute approximate surface area is 413 Å². The fraction of sp³-hybridized carbons (Fsp3) is 0.323. The van der Waals surface area contributed by atoms with E-state index < -0.39 is 66.5 Å². The lowest BCUT2D eigenvalue weighted by molar-refractivity contribution is 0.446. The maximum atomic E-state index is 12.6. The van der Waals surface area contributed by atoms with Crippen molar-refractivity contribution in [3.05, 3.63) is 167 Å². The standard InChI is InChI=1S/C62H69N3O/c1-39(2)31-40-23-28-54(50(32-40)42-19-16-15-17-20-42)65-55-22-18-21-49(56(55)64-58(65)51-37-48(61(9,10)11)38-52(57(51)66)62(12,13)14)44-33-45(35-47(34-44)60(6,7)8)53-36-43(29-30-63-53)41-24-26-46(27-25-41)59(3,4)5/h15-30,32-39,66H,31H2,1-14H3/i3D3,4D3,5D3,24D,25D,26D,27D. The molecule has 8 rings (SSSR count). The molecule has 2 heterocycles. The minimum Gasteiger partial charge on any atom is -0.507 e. The van der Waals surface area contributed by atoms with E-state index in [0.717, 1.165) is 56.6 Å². The Morgan fingerprint density at radius 2 is 1.26 bits per heavy atom. The lowest BCUT2D eigenvalue weighted by Gasteiger charge is -2.27. The minimum atomic E-state index is -3.81. The summed E-state index contributed by atoms with van der Waals surface area (Å²) in [5.74, 6) is 1.10. The van der Waals surface area contributed by atoms with Crippen molar-refractivity contribution in [3.8, 4) is 67.5 Å². The summed E-state index contributed by atoms with van der Waals surface area (Å²) in [6, 6.07) is 32.4. The summed E-state index contributed by atoms with van der Waals surface area (Å²) < 4.78 is 113. The van der Waals surface area contributed by atoms with E-state index in [1.54, 1.807) is 6.07 Å². The van der Waals surface area contributed by atoms with Crippen molar-refractivity contribution in [1.29, 1.82) is 0 Å². The van der Waals surface area contributed by atoms with Crippen LogP contribution in [0.25, 0.3) is 72.7 Å². The summed E-state index contributed by atoms with van der Waals surface area (Å²) in [7, 11) is 0. The second-order valence-electron chi connectivity index (χ2n) is 21.2. The predicted molar refractivity (Wildman–Crippen MR) is 281 cm³/mol. The van der Waals surface area contributed by atoms with Crippen LogP contribution < -0.4 is 0 Å². The largest absolute Gasteiger partial charge is 0.507 e. The molecule has 338 valence electrons. The van der Waals surface area contributed by atoms with Crippen molar-refractivity contribution in [2.75, 3.05) is 0 Å². The predicted octanol–water partition coefficient (Wildman–Crippen LogP) is 16.8. The quantitative estimate of drug-likeness (QED) is 0.165. The van der Waals surface area contributed by atoms with Crippen molar-refractivity contribution in [2.24, 2.45) is 5.92 Å². The number of phenols is 1. The van der Waals surface area contributed by atoms with E-state index in [2.05, 4.69) is 129 Å². The van der Waals surface area contributed by atoms with Crippen LogP contribution in [0.5, 0.6) is 5.75 Å². The van der Waals surface area contributed by atoms with Gasteiger partial charge < -0.3 is 5.11 Å². The first-order valence-corrected chi connectivity index (χ1v) is 22.7. The van der Waals surface area contributed by atoms with E-state index in [-0.39, 0.29) is 22.3 Å². The number of nitrogens with zero attached hydrogens (tertiary/aromatic N) is 3. The summed E-state index contributed by atoms with van der Waals surface area (Å²) in [5.41, 5.74) is 5.11. The van der Waals surface area contributed by atoms with Gasteiger partial charge in [0.15, 0.2) is 0 Å². The Hall–Kier alpha value is -6.26. The molecule has 8 aromatic rings. The molecule has 0 aliphatic carbocycles. The Bertz CT molecular complexity index is 3580. The van der Waals surface area contributed by atoms with Crippen molar-refractivity contribution in [3.63, 3.8) is 0 Å². The second-order valence-corrected chi connectivity index (χ2v) is 21.2. The molecule has 0 amide bonds. The SMILES string of the molecule is [2H]c1c([2H])c(C(C([2H])([2H])[2H])(C([2H])([2H])[2H])C([2H])([2H])[2H])c([2H])c([2H])c1-c1ccnc(-c2cc(-c3cccc4c3nc(-c3cc(C(C)(C)C)cc(C(C)(C)C)c3O)n4-c3ccc(CC(C)C)cc3-c3ccccc3)cc(C(C)(C)C)c2)c1. The van der Waals surface area contributed by atoms with Crippen LogP contribution in [0.4, 0.5) is 0 Å². The molecular weight excluding hydrogens is 803 g/mol. The van der Waals surface area contributed by atoms with Gasteiger partial charge in [0.25, 0.3) is 0 Å². The van der Waals surface area contributed by atoms with Crippen LogP contribution in [0, 0.1) is 5.92 Å². The number of hydrogen-bond acceptors (Lipinski definition) is 3. The maximum absolute atomic E-state index is 12.6. The van der Waals surface area contributed by atoms with Gasteiger partial charge in [-0.2, -0.15) is 0 Å². The fourth-order valence-corrected chi connectivity index (χ4v) is 8.54. The molecule has 0 radical (unpaired) electrons. The monoisotopic (exact) mass is 885 g/mol. The third-order valence-corrected chi connectivity index (χ3v) is 12.2. The first-order chi connectivity index (χ1) is 36.4. The van der Waals surface area contributed by atoms with Gasteiger partial charge in [0.05, 0.1) is 33.5 Å². The third kappa shape index (κ3) is 9.38. The van der Waals surface area contributed by atoms with Gasteiger partial charge in [-0.1, -0.05) is 182 Å². The molecule has 0 fully saturated rings. The topological polar surface area (TPSA) is 50.9 Å². The van der Waals surface area contributed by atoms with E-state index in [1.165, 1.54) is 17.8 Å². The zero-order valence-corrected chi connectivity index (χ0v) is 40.0. The highest BCUT2D eigenvalue weighted by Gasteiger charge is 2.30. The van der Waals surface area contributed by atoms with Crippen LogP contribution in [0.2, 0.25) is 0 Å². The summed E-state index contributed by atoms with van der Waals surface area (Å²) in [6.07, 6.45) is 2.32. The van der Waals surface area contributed by atoms with Gasteiger partial charge in [-0.15, -0.1) is 0 Å². The van der Waals surface area contributed by atoms with Gasteiger partial charge in [-0.05, 0) is 127 Å². The van der Waals surface area contributed by atoms with E-state index in [1.807, 2.05) is 48.5 Å². The molecule has 6 aromatic carbocycles. The number of imidazole rings is 1. The van der Waals surface area contributed by atoms with Crippen molar-refractivity contribution >= 4 is 11.0 Å². The first-order valence-electron chi connectivity index (χ1n) is 29.2. The van der Waals surface area contributed by atoms with Gasteiger partial charge in [0.1, 0.15) is 11.6 Å². The summed E-state index contributed by atoms with van der Waals surface area (Å²) in [5, 5.41) is 12.6. The number of para-hydroxylation sites is 1. The lowest BCUT2D eigenvalue weighted by Crippen LogP contribution is -2.17.